The highest BCUT2D eigenvalue weighted by Crippen LogP contribution is 2.14. The van der Waals surface area contributed by atoms with Crippen LogP contribution in [-0.2, 0) is 13.1 Å². The minimum absolute atomic E-state index is 0.0324. The van der Waals surface area contributed by atoms with Gasteiger partial charge in [0.15, 0.2) is 0 Å². The van der Waals surface area contributed by atoms with Crippen molar-refractivity contribution < 1.29 is 0 Å². The zero-order chi connectivity index (χ0) is 13.9. The molecule has 3 aromatic rings. The first kappa shape index (κ1) is 12.6. The van der Waals surface area contributed by atoms with Crippen LogP contribution in [0.25, 0.3) is 10.9 Å². The molecule has 2 heterocycles. The first-order chi connectivity index (χ1) is 9.79. The molecule has 3 rings (SSSR count). The summed E-state index contributed by atoms with van der Waals surface area (Å²) in [5.41, 5.74) is 8.19. The van der Waals surface area contributed by atoms with E-state index in [0.717, 1.165) is 16.5 Å². The van der Waals surface area contributed by atoms with Gasteiger partial charge in [-0.25, -0.2) is 0 Å². The third kappa shape index (κ3) is 2.21. The Morgan fingerprint density at radius 1 is 1.15 bits per heavy atom. The Labute approximate surface area is 116 Å². The zero-order valence-corrected chi connectivity index (χ0v) is 11.0. The third-order valence-electron chi connectivity index (χ3n) is 3.36. The van der Waals surface area contributed by atoms with E-state index in [0.29, 0.717) is 12.1 Å². The SMILES string of the molecule is NCc1cc2ccccc2n(Cc2cccnc2)c1=O. The van der Waals surface area contributed by atoms with Gasteiger partial charge >= 0.3 is 0 Å². The maximum atomic E-state index is 12.5. The maximum Gasteiger partial charge on any atom is 0.255 e. The van der Waals surface area contributed by atoms with E-state index in [4.69, 9.17) is 5.73 Å². The third-order valence-corrected chi connectivity index (χ3v) is 3.36. The largest absolute Gasteiger partial charge is 0.326 e. The lowest BCUT2D eigenvalue weighted by molar-refractivity contribution is 0.774. The van der Waals surface area contributed by atoms with Gasteiger partial charge < -0.3 is 10.3 Å². The molecule has 0 atom stereocenters. The van der Waals surface area contributed by atoms with Gasteiger partial charge in [0.1, 0.15) is 0 Å². The van der Waals surface area contributed by atoms with E-state index in [-0.39, 0.29) is 12.1 Å². The summed E-state index contributed by atoms with van der Waals surface area (Å²) in [6.07, 6.45) is 3.50. The van der Waals surface area contributed by atoms with E-state index in [1.165, 1.54) is 0 Å². The molecule has 0 saturated carbocycles. The van der Waals surface area contributed by atoms with Gasteiger partial charge in [-0.1, -0.05) is 24.3 Å². The van der Waals surface area contributed by atoms with Gasteiger partial charge in [-0.05, 0) is 29.1 Å². The van der Waals surface area contributed by atoms with Crippen molar-refractivity contribution in [2.45, 2.75) is 13.1 Å². The highest BCUT2D eigenvalue weighted by atomic mass is 16.1. The monoisotopic (exact) mass is 265 g/mol. The lowest BCUT2D eigenvalue weighted by Crippen LogP contribution is -2.26. The number of rotatable bonds is 3. The molecule has 0 aliphatic rings. The molecule has 0 saturated heterocycles. The van der Waals surface area contributed by atoms with Crippen molar-refractivity contribution in [3.05, 3.63) is 76.3 Å². The van der Waals surface area contributed by atoms with E-state index in [2.05, 4.69) is 4.98 Å². The van der Waals surface area contributed by atoms with Crippen molar-refractivity contribution in [3.63, 3.8) is 0 Å². The first-order valence-electron chi connectivity index (χ1n) is 6.50. The normalized spacial score (nSPS) is 10.8. The molecule has 0 unspecified atom stereocenters. The van der Waals surface area contributed by atoms with Crippen LogP contribution in [0, 0.1) is 0 Å². The van der Waals surface area contributed by atoms with E-state index < -0.39 is 0 Å². The van der Waals surface area contributed by atoms with Crippen LogP contribution < -0.4 is 11.3 Å². The molecule has 0 amide bonds. The van der Waals surface area contributed by atoms with Gasteiger partial charge in [-0.15, -0.1) is 0 Å². The minimum atomic E-state index is -0.0324. The van der Waals surface area contributed by atoms with E-state index in [1.54, 1.807) is 17.0 Å². The molecular weight excluding hydrogens is 250 g/mol. The average Bonchev–Trinajstić information content (AvgIpc) is 2.51. The summed E-state index contributed by atoms with van der Waals surface area (Å²) in [6, 6.07) is 13.5. The number of para-hydroxylation sites is 1. The molecule has 20 heavy (non-hydrogen) atoms. The second-order valence-electron chi connectivity index (χ2n) is 4.69. The molecular formula is C16H15N3O. The van der Waals surface area contributed by atoms with Gasteiger partial charge in [0.05, 0.1) is 12.1 Å². The summed E-state index contributed by atoms with van der Waals surface area (Å²) in [6.45, 7) is 0.748. The highest BCUT2D eigenvalue weighted by Gasteiger charge is 2.08. The number of benzene rings is 1. The Hall–Kier alpha value is -2.46. The van der Waals surface area contributed by atoms with Crippen LogP contribution in [0.15, 0.2) is 59.7 Å². The standard InChI is InChI=1S/C16H15N3O/c17-9-14-8-13-5-1-2-6-15(13)19(16(14)20)11-12-4-3-7-18-10-12/h1-8,10H,9,11,17H2. The van der Waals surface area contributed by atoms with Crippen LogP contribution in [0.2, 0.25) is 0 Å². The Bertz CT molecular complexity index is 794. The predicted molar refractivity (Wildman–Crippen MR) is 79.4 cm³/mol. The number of aromatic nitrogens is 2. The van der Waals surface area contributed by atoms with E-state index >= 15 is 0 Å². The summed E-state index contributed by atoms with van der Waals surface area (Å²) in [7, 11) is 0. The van der Waals surface area contributed by atoms with Crippen molar-refractivity contribution in [2.24, 2.45) is 5.73 Å². The molecule has 4 nitrogen and oxygen atoms in total. The summed E-state index contributed by atoms with van der Waals surface area (Å²) in [5, 5.41) is 1.02. The number of hydrogen-bond acceptors (Lipinski definition) is 3. The zero-order valence-electron chi connectivity index (χ0n) is 11.0. The number of nitrogens with zero attached hydrogens (tertiary/aromatic N) is 2. The molecule has 0 aliphatic carbocycles. The molecule has 0 aliphatic heterocycles. The minimum Gasteiger partial charge on any atom is -0.326 e. The summed E-state index contributed by atoms with van der Waals surface area (Å²) in [5.74, 6) is 0. The molecule has 0 radical (unpaired) electrons. The van der Waals surface area contributed by atoms with Gasteiger partial charge in [0.2, 0.25) is 0 Å². The first-order valence-corrected chi connectivity index (χ1v) is 6.50. The average molecular weight is 265 g/mol. The fourth-order valence-corrected chi connectivity index (χ4v) is 2.37. The second-order valence-corrected chi connectivity index (χ2v) is 4.69. The molecule has 1 aromatic carbocycles. The summed E-state index contributed by atoms with van der Waals surface area (Å²) in [4.78, 5) is 16.6. The topological polar surface area (TPSA) is 60.9 Å². The fraction of sp³-hybridized carbons (Fsp3) is 0.125. The quantitative estimate of drug-likeness (QED) is 0.786. The highest BCUT2D eigenvalue weighted by molar-refractivity contribution is 5.79. The second kappa shape index (κ2) is 5.27. The molecule has 0 spiro atoms. The van der Waals surface area contributed by atoms with E-state index in [1.807, 2.05) is 42.5 Å². The number of nitrogens with two attached hydrogens (primary N) is 1. The molecule has 100 valence electrons. The van der Waals surface area contributed by atoms with Crippen molar-refractivity contribution in [2.75, 3.05) is 0 Å². The van der Waals surface area contributed by atoms with Crippen molar-refractivity contribution in [1.29, 1.82) is 0 Å². The van der Waals surface area contributed by atoms with Crippen LogP contribution in [-0.4, -0.2) is 9.55 Å². The van der Waals surface area contributed by atoms with Gasteiger partial charge in [-0.2, -0.15) is 0 Å². The molecule has 2 N–H and O–H groups in total. The van der Waals surface area contributed by atoms with Crippen LogP contribution >= 0.6 is 0 Å². The van der Waals surface area contributed by atoms with Crippen molar-refractivity contribution in [3.8, 4) is 0 Å². The van der Waals surface area contributed by atoms with Crippen LogP contribution in [0.4, 0.5) is 0 Å². The summed E-state index contributed by atoms with van der Waals surface area (Å²) >= 11 is 0. The molecule has 0 bridgehead atoms. The number of hydrogen-bond donors (Lipinski definition) is 1. The maximum absolute atomic E-state index is 12.5. The van der Waals surface area contributed by atoms with Crippen molar-refractivity contribution >= 4 is 10.9 Å². The van der Waals surface area contributed by atoms with Crippen LogP contribution in [0.1, 0.15) is 11.1 Å². The Balaban J connectivity index is 2.22. The van der Waals surface area contributed by atoms with Gasteiger partial charge in [0, 0.05) is 24.5 Å². The summed E-state index contributed by atoms with van der Waals surface area (Å²) < 4.78 is 1.76. The Morgan fingerprint density at radius 3 is 2.75 bits per heavy atom. The smallest absolute Gasteiger partial charge is 0.255 e. The van der Waals surface area contributed by atoms with Crippen LogP contribution in [0.5, 0.6) is 0 Å². The lowest BCUT2D eigenvalue weighted by Gasteiger charge is -2.12. The molecule has 4 heteroatoms. The van der Waals surface area contributed by atoms with Crippen LogP contribution in [0.3, 0.4) is 0 Å². The fourth-order valence-electron chi connectivity index (χ4n) is 2.37. The molecule has 2 aromatic heterocycles. The van der Waals surface area contributed by atoms with E-state index in [9.17, 15) is 4.79 Å². The Morgan fingerprint density at radius 2 is 2.00 bits per heavy atom. The Kier molecular flexibility index (Phi) is 3.31. The predicted octanol–water partition coefficient (Wildman–Crippen LogP) is 1.90. The lowest BCUT2D eigenvalue weighted by atomic mass is 10.1. The molecule has 0 fully saturated rings. The van der Waals surface area contributed by atoms with Crippen molar-refractivity contribution in [1.82, 2.24) is 9.55 Å². The van der Waals surface area contributed by atoms with Gasteiger partial charge in [-0.3, -0.25) is 9.78 Å². The van der Waals surface area contributed by atoms with Gasteiger partial charge in [0.25, 0.3) is 5.56 Å². The number of fused-ring (bicyclic) bond motifs is 1. The number of pyridine rings is 2.